The first kappa shape index (κ1) is 28.1. The average Bonchev–Trinajstić information content (AvgIpc) is 2.35. The molecule has 4 heteroatoms. The molecule has 0 aromatic carbocycles. The van der Waals surface area contributed by atoms with Crippen molar-refractivity contribution in [3.8, 4) is 0 Å². The third-order valence-corrected chi connectivity index (χ3v) is 2.06. The van der Waals surface area contributed by atoms with Gasteiger partial charge < -0.3 is 7.43 Å². The van der Waals surface area contributed by atoms with Gasteiger partial charge in [0.15, 0.2) is 0 Å². The van der Waals surface area contributed by atoms with Gasteiger partial charge in [0.1, 0.15) is 0 Å². The second-order valence-corrected chi connectivity index (χ2v) is 3.16. The van der Waals surface area contributed by atoms with E-state index in [1.54, 1.807) is 18.3 Å². The van der Waals surface area contributed by atoms with Gasteiger partial charge >= 0.3 is 19.5 Å². The van der Waals surface area contributed by atoms with E-state index in [0.29, 0.717) is 0 Å². The Morgan fingerprint density at radius 3 is 2.40 bits per heavy atom. The zero-order valence-corrected chi connectivity index (χ0v) is 17.0. The molecule has 0 bridgehead atoms. The van der Waals surface area contributed by atoms with Crippen molar-refractivity contribution in [2.45, 2.75) is 20.8 Å². The average molecular weight is 484 g/mol. The van der Waals surface area contributed by atoms with Crippen LogP contribution in [-0.2, 0) is 19.5 Å². The summed E-state index contributed by atoms with van der Waals surface area (Å²) in [6, 6.07) is 5.73. The van der Waals surface area contributed by atoms with E-state index in [0.717, 1.165) is 23.5 Å². The monoisotopic (exact) mass is 485 g/mol. The van der Waals surface area contributed by atoms with Crippen LogP contribution in [0.25, 0.3) is 0 Å². The van der Waals surface area contributed by atoms with Crippen molar-refractivity contribution in [1.29, 1.82) is 0 Å². The number of nitrogens with zero attached hydrogens (tertiary/aromatic N) is 2. The molecule has 1 heterocycles. The third-order valence-electron chi connectivity index (χ3n) is 2.06. The van der Waals surface area contributed by atoms with E-state index in [9.17, 15) is 0 Å². The number of aromatic nitrogens is 1. The predicted molar refractivity (Wildman–Crippen MR) is 84.1 cm³/mol. The van der Waals surface area contributed by atoms with Crippen LogP contribution >= 0.6 is 0 Å². The van der Waals surface area contributed by atoms with Gasteiger partial charge in [0, 0.05) is 47.5 Å². The molecule has 0 aliphatic carbocycles. The van der Waals surface area contributed by atoms with Crippen LogP contribution in [-0.4, -0.2) is 10.7 Å². The second-order valence-electron chi connectivity index (χ2n) is 3.16. The Labute approximate surface area is 164 Å². The van der Waals surface area contributed by atoms with Crippen LogP contribution < -0.4 is 0 Å². The van der Waals surface area contributed by atoms with Gasteiger partial charge in [0.2, 0.25) is 0 Å². The minimum absolute atomic E-state index is 0. The first-order chi connectivity index (χ1) is 7.81. The number of hydrogen-bond donors (Lipinski definition) is 0. The fourth-order valence-corrected chi connectivity index (χ4v) is 1.25. The Morgan fingerprint density at radius 2 is 2.00 bits per heavy atom. The molecule has 1 aromatic heterocycles. The Balaban J connectivity index is -0.000000320. The fraction of sp³-hybridized carbons (Fsp3) is 0.188. The number of rotatable bonds is 5. The van der Waals surface area contributed by atoms with E-state index < -0.39 is 0 Å². The van der Waals surface area contributed by atoms with E-state index in [1.807, 2.05) is 24.3 Å². The Hall–Kier alpha value is -0.142. The SMILES string of the molecule is C.C=C/C=C(/CC)N=C(C=C)c1ccccn1.[CH3-].[La].[RuH+]. The zero-order valence-electron chi connectivity index (χ0n) is 11.5. The number of aliphatic imine (C=N–C) groups is 1. The molecule has 0 amide bonds. The van der Waals surface area contributed by atoms with Gasteiger partial charge in [0.05, 0.1) is 11.4 Å². The van der Waals surface area contributed by atoms with Crippen LogP contribution in [0.1, 0.15) is 26.5 Å². The molecule has 1 aromatic rings. The molecule has 2 radical (unpaired) electrons. The van der Waals surface area contributed by atoms with Crippen molar-refractivity contribution in [2.75, 3.05) is 0 Å². The van der Waals surface area contributed by atoms with Crippen LogP contribution in [0, 0.1) is 43.0 Å². The summed E-state index contributed by atoms with van der Waals surface area (Å²) < 4.78 is 0. The zero-order chi connectivity index (χ0) is 11.8. The van der Waals surface area contributed by atoms with Crippen LogP contribution in [0.2, 0.25) is 0 Å². The molecule has 0 aliphatic rings. The van der Waals surface area contributed by atoms with Crippen molar-refractivity contribution < 1.29 is 55.1 Å². The molecule has 0 aliphatic heterocycles. The normalized spacial score (nSPS) is 9.85. The second kappa shape index (κ2) is 16.9. The van der Waals surface area contributed by atoms with Gasteiger partial charge in [-0.05, 0) is 30.7 Å². The topological polar surface area (TPSA) is 25.2 Å². The number of hydrogen-bond acceptors (Lipinski definition) is 2. The maximum absolute atomic E-state index is 4.50. The van der Waals surface area contributed by atoms with Gasteiger partial charge in [-0.2, -0.15) is 0 Å². The van der Waals surface area contributed by atoms with Crippen LogP contribution in [0.15, 0.2) is 66.5 Å². The molecule has 0 fully saturated rings. The number of allylic oxidation sites excluding steroid dienone is 4. The molecule has 0 N–H and O–H groups in total. The Kier molecular flexibility index (Phi) is 23.7. The summed E-state index contributed by atoms with van der Waals surface area (Å²) in [5, 5.41) is 0. The van der Waals surface area contributed by atoms with Gasteiger partial charge in [0.25, 0.3) is 0 Å². The third kappa shape index (κ3) is 9.71. The fourth-order valence-electron chi connectivity index (χ4n) is 1.25. The molecular weight excluding hydrogens is 460 g/mol. The quantitative estimate of drug-likeness (QED) is 0.264. The summed E-state index contributed by atoms with van der Waals surface area (Å²) in [6.07, 6.45) is 7.95. The molecule has 0 saturated heterocycles. The van der Waals surface area contributed by atoms with Gasteiger partial charge in [-0.15, -0.1) is 0 Å². The van der Waals surface area contributed by atoms with Gasteiger partial charge in [-0.25, -0.2) is 0 Å². The van der Waals surface area contributed by atoms with Crippen molar-refractivity contribution in [1.82, 2.24) is 4.98 Å². The van der Waals surface area contributed by atoms with Gasteiger partial charge in [-0.3, -0.25) is 9.98 Å². The summed E-state index contributed by atoms with van der Waals surface area (Å²) in [4.78, 5) is 8.74. The molecule has 0 atom stereocenters. The summed E-state index contributed by atoms with van der Waals surface area (Å²) >= 11 is 0. The first-order valence-electron chi connectivity index (χ1n) is 5.26. The molecule has 0 spiro atoms. The molecule has 109 valence electrons. The molecular formula is C16H24LaN2Ru. The summed E-state index contributed by atoms with van der Waals surface area (Å²) in [5.74, 6) is 0. The molecule has 20 heavy (non-hydrogen) atoms. The van der Waals surface area contributed by atoms with E-state index >= 15 is 0 Å². The maximum atomic E-state index is 4.50. The summed E-state index contributed by atoms with van der Waals surface area (Å²) in [6.45, 7) is 9.48. The van der Waals surface area contributed by atoms with Crippen LogP contribution in [0.5, 0.6) is 0 Å². The predicted octanol–water partition coefficient (Wildman–Crippen LogP) is 4.35. The summed E-state index contributed by atoms with van der Waals surface area (Å²) in [5.41, 5.74) is 2.59. The van der Waals surface area contributed by atoms with E-state index in [2.05, 4.69) is 30.1 Å². The van der Waals surface area contributed by atoms with E-state index in [-0.39, 0.29) is 69.9 Å². The van der Waals surface area contributed by atoms with Crippen molar-refractivity contribution >= 4 is 5.71 Å². The van der Waals surface area contributed by atoms with E-state index in [4.69, 9.17) is 0 Å². The Bertz CT molecular complexity index is 425. The van der Waals surface area contributed by atoms with Gasteiger partial charge in [-0.1, -0.05) is 39.7 Å². The molecule has 1 rings (SSSR count). The van der Waals surface area contributed by atoms with Crippen LogP contribution in [0.4, 0.5) is 0 Å². The molecule has 0 saturated carbocycles. The van der Waals surface area contributed by atoms with Crippen LogP contribution in [0.3, 0.4) is 0 Å². The standard InChI is InChI=1S/C14H16N2.CH4.CH3.La.Ru.H/c1-4-9-12(5-2)16-13(6-3)14-10-7-8-11-15-14;;;;;/h4,6-11H,1,3,5H2,2H3;1H4;1H3;;;/q;;-1;;+1;/b12-9-,16-13?;;;;;. The minimum atomic E-state index is 0. The van der Waals surface area contributed by atoms with Crippen molar-refractivity contribution in [3.63, 3.8) is 0 Å². The Morgan fingerprint density at radius 1 is 1.35 bits per heavy atom. The first-order valence-corrected chi connectivity index (χ1v) is 5.26. The van der Waals surface area contributed by atoms with Crippen molar-refractivity contribution in [3.05, 3.63) is 74.6 Å². The van der Waals surface area contributed by atoms with E-state index in [1.165, 1.54) is 0 Å². The number of pyridine rings is 1. The molecule has 0 unspecified atom stereocenters. The summed E-state index contributed by atoms with van der Waals surface area (Å²) in [7, 11) is 0. The molecule has 2 nitrogen and oxygen atoms in total. The van der Waals surface area contributed by atoms with Crippen molar-refractivity contribution in [2.24, 2.45) is 4.99 Å².